The molecule has 1 aromatic carbocycles. The molecule has 0 radical (unpaired) electrons. The Morgan fingerprint density at radius 1 is 1.44 bits per heavy atom. The lowest BCUT2D eigenvalue weighted by molar-refractivity contribution is 0.0697. The van der Waals surface area contributed by atoms with Gasteiger partial charge in [-0.1, -0.05) is 6.42 Å². The highest BCUT2D eigenvalue weighted by atomic mass is 16.4. The molecule has 3 N–H and O–H groups in total. The molecule has 0 heterocycles. The summed E-state index contributed by atoms with van der Waals surface area (Å²) in [6.45, 7) is 2.63. The SMILES string of the molecule is Cc1cc(C(=O)O)ccc1NCC1CCCC1O. The molecule has 0 amide bonds. The fraction of sp³-hybridized carbons (Fsp3) is 0.500. The smallest absolute Gasteiger partial charge is 0.335 e. The summed E-state index contributed by atoms with van der Waals surface area (Å²) in [4.78, 5) is 10.8. The molecule has 4 heteroatoms. The van der Waals surface area contributed by atoms with Gasteiger partial charge in [-0.3, -0.25) is 0 Å². The van der Waals surface area contributed by atoms with Gasteiger partial charge in [-0.05, 0) is 43.5 Å². The van der Waals surface area contributed by atoms with Gasteiger partial charge in [0.15, 0.2) is 0 Å². The highest BCUT2D eigenvalue weighted by Crippen LogP contribution is 2.26. The minimum Gasteiger partial charge on any atom is -0.478 e. The Morgan fingerprint density at radius 3 is 2.78 bits per heavy atom. The molecule has 0 aromatic heterocycles. The Labute approximate surface area is 107 Å². The number of rotatable bonds is 4. The Morgan fingerprint density at radius 2 is 2.22 bits per heavy atom. The van der Waals surface area contributed by atoms with Crippen molar-refractivity contribution in [2.45, 2.75) is 32.3 Å². The number of benzene rings is 1. The van der Waals surface area contributed by atoms with Crippen LogP contribution < -0.4 is 5.32 Å². The minimum absolute atomic E-state index is 0.198. The number of anilines is 1. The Balaban J connectivity index is 1.99. The highest BCUT2D eigenvalue weighted by molar-refractivity contribution is 5.88. The van der Waals surface area contributed by atoms with Crippen molar-refractivity contribution < 1.29 is 15.0 Å². The third-order valence-corrected chi connectivity index (χ3v) is 3.65. The van der Waals surface area contributed by atoms with Gasteiger partial charge in [-0.15, -0.1) is 0 Å². The molecule has 18 heavy (non-hydrogen) atoms. The molecule has 0 aliphatic heterocycles. The van der Waals surface area contributed by atoms with Crippen molar-refractivity contribution in [2.75, 3.05) is 11.9 Å². The van der Waals surface area contributed by atoms with Crippen LogP contribution in [-0.4, -0.2) is 28.8 Å². The van der Waals surface area contributed by atoms with E-state index in [1.807, 2.05) is 6.92 Å². The molecular formula is C14H19NO3. The van der Waals surface area contributed by atoms with Crippen LogP contribution in [-0.2, 0) is 0 Å². The molecule has 1 aliphatic carbocycles. The maximum atomic E-state index is 10.8. The van der Waals surface area contributed by atoms with E-state index in [0.717, 1.165) is 37.1 Å². The van der Waals surface area contributed by atoms with Crippen LogP contribution in [0, 0.1) is 12.8 Å². The lowest BCUT2D eigenvalue weighted by atomic mass is 10.1. The van der Waals surface area contributed by atoms with Crippen LogP contribution in [0.3, 0.4) is 0 Å². The van der Waals surface area contributed by atoms with E-state index in [-0.39, 0.29) is 6.10 Å². The van der Waals surface area contributed by atoms with Gasteiger partial charge in [-0.25, -0.2) is 4.79 Å². The predicted octanol–water partition coefficient (Wildman–Crippen LogP) is 2.27. The predicted molar refractivity (Wildman–Crippen MR) is 70.0 cm³/mol. The number of hydrogen-bond acceptors (Lipinski definition) is 3. The first-order valence-corrected chi connectivity index (χ1v) is 6.34. The molecule has 2 unspecified atom stereocenters. The van der Waals surface area contributed by atoms with Crippen LogP contribution in [0.1, 0.15) is 35.2 Å². The average molecular weight is 249 g/mol. The second kappa shape index (κ2) is 5.40. The molecule has 1 saturated carbocycles. The number of nitrogens with one attached hydrogen (secondary N) is 1. The zero-order valence-electron chi connectivity index (χ0n) is 10.5. The molecule has 1 aliphatic rings. The number of hydrogen-bond donors (Lipinski definition) is 3. The summed E-state index contributed by atoms with van der Waals surface area (Å²) in [5.41, 5.74) is 2.17. The molecule has 2 rings (SSSR count). The van der Waals surface area contributed by atoms with E-state index in [0.29, 0.717) is 11.5 Å². The number of carboxylic acids is 1. The van der Waals surface area contributed by atoms with Crippen molar-refractivity contribution >= 4 is 11.7 Å². The van der Waals surface area contributed by atoms with Crippen molar-refractivity contribution in [1.29, 1.82) is 0 Å². The summed E-state index contributed by atoms with van der Waals surface area (Å²) in [7, 11) is 0. The van der Waals surface area contributed by atoms with E-state index in [9.17, 15) is 9.90 Å². The maximum absolute atomic E-state index is 10.8. The van der Waals surface area contributed by atoms with E-state index in [1.165, 1.54) is 0 Å². The third kappa shape index (κ3) is 2.82. The second-order valence-corrected chi connectivity index (χ2v) is 4.97. The molecule has 1 fully saturated rings. The number of aliphatic hydroxyl groups is 1. The van der Waals surface area contributed by atoms with Crippen LogP contribution in [0.15, 0.2) is 18.2 Å². The van der Waals surface area contributed by atoms with E-state index < -0.39 is 5.97 Å². The van der Waals surface area contributed by atoms with Gasteiger partial charge in [0.1, 0.15) is 0 Å². The number of aliphatic hydroxyl groups excluding tert-OH is 1. The summed E-state index contributed by atoms with van der Waals surface area (Å²) >= 11 is 0. The Kier molecular flexibility index (Phi) is 3.87. The van der Waals surface area contributed by atoms with Gasteiger partial charge in [0.05, 0.1) is 11.7 Å². The van der Waals surface area contributed by atoms with Gasteiger partial charge in [-0.2, -0.15) is 0 Å². The van der Waals surface area contributed by atoms with Crippen LogP contribution in [0.4, 0.5) is 5.69 Å². The van der Waals surface area contributed by atoms with Crippen molar-refractivity contribution in [3.63, 3.8) is 0 Å². The lowest BCUT2D eigenvalue weighted by Gasteiger charge is -2.17. The first-order chi connectivity index (χ1) is 8.58. The van der Waals surface area contributed by atoms with Crippen LogP contribution in [0.2, 0.25) is 0 Å². The van der Waals surface area contributed by atoms with Crippen molar-refractivity contribution in [3.8, 4) is 0 Å². The summed E-state index contributed by atoms with van der Waals surface area (Å²) in [6, 6.07) is 5.05. The first kappa shape index (κ1) is 12.9. The number of aryl methyl sites for hydroxylation is 1. The van der Waals surface area contributed by atoms with Gasteiger partial charge >= 0.3 is 5.97 Å². The third-order valence-electron chi connectivity index (χ3n) is 3.65. The van der Waals surface area contributed by atoms with E-state index in [1.54, 1.807) is 18.2 Å². The fourth-order valence-electron chi connectivity index (χ4n) is 2.49. The summed E-state index contributed by atoms with van der Waals surface area (Å²) in [5, 5.41) is 21.9. The normalized spacial score (nSPS) is 23.0. The van der Waals surface area contributed by atoms with Crippen molar-refractivity contribution in [1.82, 2.24) is 0 Å². The van der Waals surface area contributed by atoms with Gasteiger partial charge in [0.2, 0.25) is 0 Å². The largest absolute Gasteiger partial charge is 0.478 e. The molecule has 1 aromatic rings. The molecule has 0 bridgehead atoms. The Hall–Kier alpha value is -1.55. The molecule has 98 valence electrons. The van der Waals surface area contributed by atoms with Crippen LogP contribution in [0.25, 0.3) is 0 Å². The van der Waals surface area contributed by atoms with E-state index >= 15 is 0 Å². The standard InChI is InChI=1S/C14H19NO3/c1-9-7-10(14(17)18)5-6-12(9)15-8-11-3-2-4-13(11)16/h5-7,11,13,15-16H,2-4,8H2,1H3,(H,17,18). The van der Waals surface area contributed by atoms with Crippen LogP contribution in [0.5, 0.6) is 0 Å². The quantitative estimate of drug-likeness (QED) is 0.765. The lowest BCUT2D eigenvalue weighted by Crippen LogP contribution is -2.22. The molecular weight excluding hydrogens is 230 g/mol. The zero-order valence-corrected chi connectivity index (χ0v) is 10.5. The number of carboxylic acid groups (broad SMARTS) is 1. The van der Waals surface area contributed by atoms with Gasteiger partial charge < -0.3 is 15.5 Å². The van der Waals surface area contributed by atoms with Crippen molar-refractivity contribution in [3.05, 3.63) is 29.3 Å². The molecule has 0 saturated heterocycles. The van der Waals surface area contributed by atoms with Crippen molar-refractivity contribution in [2.24, 2.45) is 5.92 Å². The Bertz CT molecular complexity index is 445. The molecule has 4 nitrogen and oxygen atoms in total. The second-order valence-electron chi connectivity index (χ2n) is 4.97. The van der Waals surface area contributed by atoms with Gasteiger partial charge in [0.25, 0.3) is 0 Å². The summed E-state index contributed by atoms with van der Waals surface area (Å²) < 4.78 is 0. The summed E-state index contributed by atoms with van der Waals surface area (Å²) in [5.74, 6) is -0.598. The maximum Gasteiger partial charge on any atom is 0.335 e. The first-order valence-electron chi connectivity index (χ1n) is 6.34. The highest BCUT2D eigenvalue weighted by Gasteiger charge is 2.24. The van der Waals surface area contributed by atoms with E-state index in [2.05, 4.69) is 5.32 Å². The average Bonchev–Trinajstić information content (AvgIpc) is 2.73. The number of aromatic carboxylic acids is 1. The fourth-order valence-corrected chi connectivity index (χ4v) is 2.49. The number of carbonyl (C=O) groups is 1. The monoisotopic (exact) mass is 249 g/mol. The minimum atomic E-state index is -0.907. The molecule has 0 spiro atoms. The van der Waals surface area contributed by atoms with E-state index in [4.69, 9.17) is 5.11 Å². The zero-order chi connectivity index (χ0) is 13.1. The molecule has 2 atom stereocenters. The topological polar surface area (TPSA) is 69.6 Å². The van der Waals surface area contributed by atoms with Crippen LogP contribution >= 0.6 is 0 Å². The summed E-state index contributed by atoms with van der Waals surface area (Å²) in [6.07, 6.45) is 2.84. The van der Waals surface area contributed by atoms with Gasteiger partial charge in [0, 0.05) is 18.2 Å².